The van der Waals surface area contributed by atoms with E-state index in [1.807, 2.05) is 20.8 Å². The molecular weight excluding hydrogens is 298 g/mol. The van der Waals surface area contributed by atoms with Crippen LogP contribution >= 0.6 is 0 Å². The zero-order valence-corrected chi connectivity index (χ0v) is 14.9. The first-order valence-electron chi connectivity index (χ1n) is 8.71. The molecule has 0 spiro atoms. The SMILES string of the molecule is CN1CCc2cccc3c2[C@H]1Cc1ccc(O)c(OC(C)(C)C)c1-3. The van der Waals surface area contributed by atoms with Crippen molar-refractivity contribution in [2.75, 3.05) is 13.6 Å². The van der Waals surface area contributed by atoms with Crippen molar-refractivity contribution in [2.24, 2.45) is 0 Å². The number of phenols is 1. The minimum Gasteiger partial charge on any atom is -0.504 e. The molecule has 4 rings (SSSR count). The highest BCUT2D eigenvalue weighted by Crippen LogP contribution is 2.51. The highest BCUT2D eigenvalue weighted by molar-refractivity contribution is 5.82. The van der Waals surface area contributed by atoms with Crippen LogP contribution in [-0.2, 0) is 12.8 Å². The topological polar surface area (TPSA) is 32.7 Å². The molecule has 126 valence electrons. The first kappa shape index (κ1) is 15.5. The van der Waals surface area contributed by atoms with Gasteiger partial charge in [-0.25, -0.2) is 0 Å². The van der Waals surface area contributed by atoms with E-state index in [4.69, 9.17) is 4.74 Å². The van der Waals surface area contributed by atoms with Crippen molar-refractivity contribution in [2.45, 2.75) is 45.3 Å². The summed E-state index contributed by atoms with van der Waals surface area (Å²) in [7, 11) is 2.21. The summed E-state index contributed by atoms with van der Waals surface area (Å²) in [5.41, 5.74) is 6.06. The smallest absolute Gasteiger partial charge is 0.169 e. The fourth-order valence-electron chi connectivity index (χ4n) is 4.07. The van der Waals surface area contributed by atoms with Gasteiger partial charge >= 0.3 is 0 Å². The van der Waals surface area contributed by atoms with Crippen LogP contribution in [0.1, 0.15) is 43.5 Å². The van der Waals surface area contributed by atoms with Gasteiger partial charge in [-0.05, 0) is 69.0 Å². The van der Waals surface area contributed by atoms with Crippen LogP contribution in [0.2, 0.25) is 0 Å². The normalized spacial score (nSPS) is 19.6. The third-order valence-corrected chi connectivity index (χ3v) is 5.11. The molecule has 1 atom stereocenters. The van der Waals surface area contributed by atoms with E-state index in [0.29, 0.717) is 11.8 Å². The van der Waals surface area contributed by atoms with E-state index >= 15 is 0 Å². The molecule has 0 bridgehead atoms. The summed E-state index contributed by atoms with van der Waals surface area (Å²) >= 11 is 0. The maximum atomic E-state index is 10.5. The number of fused-ring (bicyclic) bond motifs is 2. The molecule has 0 fully saturated rings. The van der Waals surface area contributed by atoms with Gasteiger partial charge in [0.2, 0.25) is 0 Å². The molecule has 0 saturated heterocycles. The number of rotatable bonds is 1. The van der Waals surface area contributed by atoms with Gasteiger partial charge in [0.25, 0.3) is 0 Å². The molecular formula is C21H25NO2. The van der Waals surface area contributed by atoms with Crippen LogP contribution < -0.4 is 4.74 Å². The van der Waals surface area contributed by atoms with Gasteiger partial charge in [0.05, 0.1) is 0 Å². The van der Waals surface area contributed by atoms with Crippen molar-refractivity contribution in [3.8, 4) is 22.6 Å². The highest BCUT2D eigenvalue weighted by atomic mass is 16.5. The number of aromatic hydroxyl groups is 1. The Bertz CT molecular complexity index is 804. The summed E-state index contributed by atoms with van der Waals surface area (Å²) in [4.78, 5) is 2.45. The van der Waals surface area contributed by atoms with Gasteiger partial charge in [-0.3, -0.25) is 4.90 Å². The monoisotopic (exact) mass is 323 g/mol. The minimum atomic E-state index is -0.352. The van der Waals surface area contributed by atoms with E-state index in [-0.39, 0.29) is 11.4 Å². The number of ether oxygens (including phenoxy) is 1. The lowest BCUT2D eigenvalue weighted by molar-refractivity contribution is 0.126. The number of phenolic OH excluding ortho intramolecular Hbond substituents is 1. The number of hydrogen-bond acceptors (Lipinski definition) is 3. The Hall–Kier alpha value is -2.00. The standard InChI is InChI=1S/C21H25NO2/c1-21(2,3)24-20-17(23)9-8-14-12-16-18-13(10-11-22(16)4)6-5-7-15(18)19(14)20/h5-9,16,23H,10-12H2,1-4H3/t16-/m1/s1. The molecule has 1 aliphatic heterocycles. The molecule has 24 heavy (non-hydrogen) atoms. The molecule has 0 saturated carbocycles. The van der Waals surface area contributed by atoms with E-state index < -0.39 is 0 Å². The van der Waals surface area contributed by atoms with E-state index in [1.54, 1.807) is 6.07 Å². The Labute approximate surface area is 143 Å². The van der Waals surface area contributed by atoms with E-state index in [1.165, 1.54) is 22.3 Å². The van der Waals surface area contributed by atoms with Crippen molar-refractivity contribution in [1.29, 1.82) is 0 Å². The third-order valence-electron chi connectivity index (χ3n) is 5.11. The lowest BCUT2D eigenvalue weighted by atomic mass is 9.77. The second-order valence-corrected chi connectivity index (χ2v) is 7.99. The highest BCUT2D eigenvalue weighted by Gasteiger charge is 2.35. The Morgan fingerprint density at radius 3 is 2.67 bits per heavy atom. The molecule has 2 aromatic carbocycles. The summed E-state index contributed by atoms with van der Waals surface area (Å²) < 4.78 is 6.18. The van der Waals surface area contributed by atoms with Crippen LogP contribution in [-0.4, -0.2) is 29.2 Å². The van der Waals surface area contributed by atoms with Crippen molar-refractivity contribution in [3.63, 3.8) is 0 Å². The first-order valence-corrected chi connectivity index (χ1v) is 8.71. The van der Waals surface area contributed by atoms with Crippen LogP contribution in [0.25, 0.3) is 11.1 Å². The molecule has 0 aromatic heterocycles. The molecule has 1 N–H and O–H groups in total. The van der Waals surface area contributed by atoms with E-state index in [2.05, 4.69) is 36.2 Å². The van der Waals surface area contributed by atoms with Gasteiger partial charge in [0.1, 0.15) is 5.60 Å². The van der Waals surface area contributed by atoms with Crippen molar-refractivity contribution >= 4 is 0 Å². The maximum Gasteiger partial charge on any atom is 0.169 e. The van der Waals surface area contributed by atoms with Crippen molar-refractivity contribution in [1.82, 2.24) is 4.90 Å². The van der Waals surface area contributed by atoms with Crippen LogP contribution in [0.4, 0.5) is 0 Å². The van der Waals surface area contributed by atoms with Crippen molar-refractivity contribution in [3.05, 3.63) is 47.0 Å². The lowest BCUT2D eigenvalue weighted by Gasteiger charge is -2.40. The molecule has 2 aliphatic rings. The fraction of sp³-hybridized carbons (Fsp3) is 0.429. The molecule has 0 unspecified atom stereocenters. The quantitative estimate of drug-likeness (QED) is 0.848. The molecule has 0 amide bonds. The van der Waals surface area contributed by atoms with Gasteiger partial charge in [0, 0.05) is 18.2 Å². The number of nitrogens with zero attached hydrogens (tertiary/aromatic N) is 1. The zero-order valence-electron chi connectivity index (χ0n) is 14.9. The number of hydrogen-bond donors (Lipinski definition) is 1. The largest absolute Gasteiger partial charge is 0.504 e. The summed E-state index contributed by atoms with van der Waals surface area (Å²) in [6, 6.07) is 10.8. The first-order chi connectivity index (χ1) is 11.3. The summed E-state index contributed by atoms with van der Waals surface area (Å²) in [6.07, 6.45) is 2.05. The molecule has 0 radical (unpaired) electrons. The van der Waals surface area contributed by atoms with Crippen molar-refractivity contribution < 1.29 is 9.84 Å². The Morgan fingerprint density at radius 2 is 1.92 bits per heavy atom. The second kappa shape index (κ2) is 5.25. The summed E-state index contributed by atoms with van der Waals surface area (Å²) in [6.45, 7) is 7.16. The molecule has 1 heterocycles. The summed E-state index contributed by atoms with van der Waals surface area (Å²) in [5, 5.41) is 10.5. The van der Waals surface area contributed by atoms with Gasteiger partial charge in [0.15, 0.2) is 11.5 Å². The Kier molecular flexibility index (Phi) is 3.40. The van der Waals surface area contributed by atoms with E-state index in [0.717, 1.165) is 24.9 Å². The minimum absolute atomic E-state index is 0.226. The van der Waals surface area contributed by atoms with Gasteiger partial charge in [-0.15, -0.1) is 0 Å². The Balaban J connectivity index is 1.97. The molecule has 2 aromatic rings. The predicted octanol–water partition coefficient (Wildman–Crippen LogP) is 4.32. The van der Waals surface area contributed by atoms with E-state index in [9.17, 15) is 5.11 Å². The van der Waals surface area contributed by atoms with Crippen LogP contribution in [0.3, 0.4) is 0 Å². The maximum absolute atomic E-state index is 10.5. The molecule has 3 nitrogen and oxygen atoms in total. The van der Waals surface area contributed by atoms with Gasteiger partial charge in [-0.1, -0.05) is 24.3 Å². The third kappa shape index (κ3) is 2.39. The van der Waals surface area contributed by atoms with Crippen LogP contribution in [0.5, 0.6) is 11.5 Å². The summed E-state index contributed by atoms with van der Waals surface area (Å²) in [5.74, 6) is 0.851. The Morgan fingerprint density at radius 1 is 1.12 bits per heavy atom. The second-order valence-electron chi connectivity index (χ2n) is 7.99. The predicted molar refractivity (Wildman–Crippen MR) is 96.7 cm³/mol. The molecule has 3 heteroatoms. The molecule has 1 aliphatic carbocycles. The zero-order chi connectivity index (χ0) is 17.1. The van der Waals surface area contributed by atoms with Crippen LogP contribution in [0, 0.1) is 0 Å². The lowest BCUT2D eigenvalue weighted by Crippen LogP contribution is -2.35. The average Bonchev–Trinajstić information content (AvgIpc) is 2.52. The number of benzene rings is 2. The number of likely N-dealkylation sites (N-methyl/N-ethyl adjacent to an activating group) is 1. The van der Waals surface area contributed by atoms with Crippen LogP contribution in [0.15, 0.2) is 30.3 Å². The average molecular weight is 323 g/mol. The van der Waals surface area contributed by atoms with Gasteiger partial charge in [-0.2, -0.15) is 0 Å². The fourth-order valence-corrected chi connectivity index (χ4v) is 4.07. The van der Waals surface area contributed by atoms with Gasteiger partial charge < -0.3 is 9.84 Å².